The Hall–Kier alpha value is -1.69. The molecule has 2 aliphatic rings. The number of hydrogen-bond donors (Lipinski definition) is 1. The van der Waals surface area contributed by atoms with Crippen LogP contribution in [0, 0.1) is 0 Å². The van der Waals surface area contributed by atoms with Crippen molar-refractivity contribution >= 4 is 16.7 Å². The van der Waals surface area contributed by atoms with E-state index in [2.05, 4.69) is 52.5 Å². The van der Waals surface area contributed by atoms with E-state index in [-0.39, 0.29) is 0 Å². The van der Waals surface area contributed by atoms with Crippen LogP contribution in [0.3, 0.4) is 0 Å². The third kappa shape index (κ3) is 3.94. The molecule has 2 saturated heterocycles. The number of ether oxygens (including phenoxy) is 1. The molecule has 2 fully saturated rings. The van der Waals surface area contributed by atoms with E-state index in [1.54, 1.807) is 0 Å². The summed E-state index contributed by atoms with van der Waals surface area (Å²) in [6.07, 6.45) is 2.54. The summed E-state index contributed by atoms with van der Waals surface area (Å²) in [6, 6.07) is 11.3. The quantitative estimate of drug-likeness (QED) is 0.924. The highest BCUT2D eigenvalue weighted by molar-refractivity contribution is 5.81. The maximum atomic E-state index is 5.52. The lowest BCUT2D eigenvalue weighted by Crippen LogP contribution is -2.44. The van der Waals surface area contributed by atoms with Gasteiger partial charge in [-0.15, -0.1) is 0 Å². The van der Waals surface area contributed by atoms with Crippen LogP contribution < -0.4 is 10.2 Å². The second-order valence-electron chi connectivity index (χ2n) is 7.25. The summed E-state index contributed by atoms with van der Waals surface area (Å²) in [5.41, 5.74) is 2.37. The van der Waals surface area contributed by atoms with Gasteiger partial charge < -0.3 is 19.9 Å². The van der Waals surface area contributed by atoms with E-state index < -0.39 is 0 Å². The molecule has 1 N–H and O–H groups in total. The zero-order chi connectivity index (χ0) is 17.1. The van der Waals surface area contributed by atoms with Crippen molar-refractivity contribution in [1.29, 1.82) is 0 Å². The number of piperidine rings is 1. The fraction of sp³-hybridized carbons (Fsp3) is 0.550. The predicted molar refractivity (Wildman–Crippen MR) is 102 cm³/mol. The van der Waals surface area contributed by atoms with Crippen LogP contribution >= 0.6 is 0 Å². The first-order valence-electron chi connectivity index (χ1n) is 9.43. The topological polar surface area (TPSA) is 40.6 Å². The largest absolute Gasteiger partial charge is 0.378 e. The van der Waals surface area contributed by atoms with E-state index in [4.69, 9.17) is 9.72 Å². The van der Waals surface area contributed by atoms with E-state index in [1.165, 1.54) is 30.3 Å². The number of likely N-dealkylation sites (tertiary alicyclic amines) is 1. The minimum Gasteiger partial charge on any atom is -0.378 e. The highest BCUT2D eigenvalue weighted by Crippen LogP contribution is 2.25. The zero-order valence-corrected chi connectivity index (χ0v) is 15.1. The molecular formula is C20H28N4O. The summed E-state index contributed by atoms with van der Waals surface area (Å²) < 4.78 is 5.52. The molecule has 2 aromatic rings. The zero-order valence-electron chi connectivity index (χ0n) is 15.1. The first-order chi connectivity index (χ1) is 12.3. The number of morpholine rings is 1. The number of aromatic nitrogens is 1. The molecule has 5 heteroatoms. The molecule has 0 aliphatic carbocycles. The summed E-state index contributed by atoms with van der Waals surface area (Å²) >= 11 is 0. The molecule has 0 saturated carbocycles. The molecule has 1 aromatic heterocycles. The molecule has 2 aliphatic heterocycles. The fourth-order valence-electron chi connectivity index (χ4n) is 3.92. The van der Waals surface area contributed by atoms with Crippen LogP contribution in [0.4, 0.5) is 5.82 Å². The highest BCUT2D eigenvalue weighted by Gasteiger charge is 2.20. The van der Waals surface area contributed by atoms with Crippen LogP contribution in [0.25, 0.3) is 10.9 Å². The summed E-state index contributed by atoms with van der Waals surface area (Å²) in [5, 5.41) is 4.99. The molecule has 5 nitrogen and oxygen atoms in total. The van der Waals surface area contributed by atoms with E-state index >= 15 is 0 Å². The smallest absolute Gasteiger partial charge is 0.133 e. The summed E-state index contributed by atoms with van der Waals surface area (Å²) in [4.78, 5) is 9.79. The lowest BCUT2D eigenvalue weighted by molar-refractivity contribution is 0.122. The molecule has 0 bridgehead atoms. The highest BCUT2D eigenvalue weighted by atomic mass is 16.5. The van der Waals surface area contributed by atoms with Gasteiger partial charge in [0.25, 0.3) is 0 Å². The lowest BCUT2D eigenvalue weighted by atomic mass is 10.1. The minimum absolute atomic E-state index is 0.572. The molecule has 0 amide bonds. The maximum absolute atomic E-state index is 5.52. The van der Waals surface area contributed by atoms with Crippen molar-refractivity contribution in [2.75, 3.05) is 51.3 Å². The number of anilines is 1. The number of para-hydroxylation sites is 1. The van der Waals surface area contributed by atoms with Crippen LogP contribution in [-0.2, 0) is 11.3 Å². The maximum Gasteiger partial charge on any atom is 0.133 e. The third-order valence-corrected chi connectivity index (χ3v) is 5.30. The summed E-state index contributed by atoms with van der Waals surface area (Å²) in [5.74, 6) is 1.12. The molecule has 0 spiro atoms. The van der Waals surface area contributed by atoms with Crippen molar-refractivity contribution in [3.8, 4) is 0 Å². The Balaban J connectivity index is 1.58. The summed E-state index contributed by atoms with van der Waals surface area (Å²) in [7, 11) is 2.21. The average molecular weight is 340 g/mol. The van der Waals surface area contributed by atoms with Gasteiger partial charge in [-0.05, 0) is 38.6 Å². The first kappa shape index (κ1) is 16.8. The SMILES string of the molecule is CN1CCC[C@H](NCc2cc3ccccc3nc2N2CCOCC2)C1. The van der Waals surface area contributed by atoms with Crippen molar-refractivity contribution in [2.24, 2.45) is 0 Å². The molecule has 0 radical (unpaired) electrons. The van der Waals surface area contributed by atoms with Crippen molar-refractivity contribution < 1.29 is 4.74 Å². The minimum atomic E-state index is 0.572. The van der Waals surface area contributed by atoms with Crippen molar-refractivity contribution in [3.63, 3.8) is 0 Å². The van der Waals surface area contributed by atoms with Gasteiger partial charge in [0.2, 0.25) is 0 Å². The van der Waals surface area contributed by atoms with E-state index in [0.717, 1.165) is 50.7 Å². The Morgan fingerprint density at radius 2 is 2.04 bits per heavy atom. The van der Waals surface area contributed by atoms with Gasteiger partial charge in [-0.2, -0.15) is 0 Å². The Morgan fingerprint density at radius 1 is 1.20 bits per heavy atom. The van der Waals surface area contributed by atoms with Gasteiger partial charge in [-0.25, -0.2) is 4.98 Å². The Morgan fingerprint density at radius 3 is 2.88 bits per heavy atom. The second-order valence-corrected chi connectivity index (χ2v) is 7.25. The van der Waals surface area contributed by atoms with Crippen molar-refractivity contribution in [3.05, 3.63) is 35.9 Å². The molecule has 25 heavy (non-hydrogen) atoms. The monoisotopic (exact) mass is 340 g/mol. The van der Waals surface area contributed by atoms with Gasteiger partial charge >= 0.3 is 0 Å². The Kier molecular flexibility index (Phi) is 5.15. The number of rotatable bonds is 4. The molecule has 3 heterocycles. The van der Waals surface area contributed by atoms with E-state index in [9.17, 15) is 0 Å². The standard InChI is InChI=1S/C20H28N4O/c1-23-8-4-6-18(15-23)21-14-17-13-16-5-2-3-7-19(16)22-20(17)24-9-11-25-12-10-24/h2-3,5,7,13,18,21H,4,6,8-12,14-15H2,1H3/t18-/m0/s1. The molecular weight excluding hydrogens is 312 g/mol. The lowest BCUT2D eigenvalue weighted by Gasteiger charge is -2.32. The number of nitrogens with zero attached hydrogens (tertiary/aromatic N) is 3. The van der Waals surface area contributed by atoms with Gasteiger partial charge in [0.1, 0.15) is 5.82 Å². The van der Waals surface area contributed by atoms with Crippen LogP contribution in [0.2, 0.25) is 0 Å². The second kappa shape index (κ2) is 7.68. The first-order valence-corrected chi connectivity index (χ1v) is 9.43. The molecule has 1 atom stereocenters. The van der Waals surface area contributed by atoms with Crippen LogP contribution in [-0.4, -0.2) is 62.4 Å². The Bertz CT molecular complexity index is 714. The summed E-state index contributed by atoms with van der Waals surface area (Å²) in [6.45, 7) is 6.64. The number of fused-ring (bicyclic) bond motifs is 1. The van der Waals surface area contributed by atoms with Gasteiger partial charge in [-0.1, -0.05) is 18.2 Å². The molecule has 1 aromatic carbocycles. The number of hydrogen-bond acceptors (Lipinski definition) is 5. The van der Waals surface area contributed by atoms with Gasteiger partial charge in [-0.3, -0.25) is 0 Å². The molecule has 0 unspecified atom stereocenters. The number of likely N-dealkylation sites (N-methyl/N-ethyl adjacent to an activating group) is 1. The molecule has 4 rings (SSSR count). The van der Waals surface area contributed by atoms with Gasteiger partial charge in [0.15, 0.2) is 0 Å². The van der Waals surface area contributed by atoms with E-state index in [1.807, 2.05) is 0 Å². The third-order valence-electron chi connectivity index (χ3n) is 5.30. The molecule has 134 valence electrons. The van der Waals surface area contributed by atoms with E-state index in [0.29, 0.717) is 6.04 Å². The Labute approximate surface area is 150 Å². The predicted octanol–water partition coefficient (Wildman–Crippen LogP) is 2.26. The average Bonchev–Trinajstić information content (AvgIpc) is 2.66. The number of nitrogens with one attached hydrogen (secondary N) is 1. The number of pyridine rings is 1. The fourth-order valence-corrected chi connectivity index (χ4v) is 3.92. The van der Waals surface area contributed by atoms with Crippen molar-refractivity contribution in [1.82, 2.24) is 15.2 Å². The van der Waals surface area contributed by atoms with Gasteiger partial charge in [0.05, 0.1) is 18.7 Å². The number of benzene rings is 1. The normalized spacial score (nSPS) is 22.4. The van der Waals surface area contributed by atoms with Crippen LogP contribution in [0.15, 0.2) is 30.3 Å². The van der Waals surface area contributed by atoms with Gasteiger partial charge in [0, 0.05) is 43.2 Å². The van der Waals surface area contributed by atoms with Crippen molar-refractivity contribution in [2.45, 2.75) is 25.4 Å². The van der Waals surface area contributed by atoms with Crippen LogP contribution in [0.1, 0.15) is 18.4 Å². The van der Waals surface area contributed by atoms with Crippen LogP contribution in [0.5, 0.6) is 0 Å².